The van der Waals surface area contributed by atoms with Gasteiger partial charge in [0.25, 0.3) is 0 Å². The SMILES string of the molecule is COc1cccc(CN(C(=O)CN(C)S(=O)(=O)c2ccc(Cl)cc2)C(C)C(=O)NC(C)C)c1. The Hall–Kier alpha value is -2.62. The second-order valence-electron chi connectivity index (χ2n) is 7.93. The zero-order valence-electron chi connectivity index (χ0n) is 19.4. The number of carbonyl (C=O) groups is 2. The molecule has 2 aromatic rings. The first-order chi connectivity index (χ1) is 15.4. The summed E-state index contributed by atoms with van der Waals surface area (Å²) in [5, 5.41) is 3.20. The van der Waals surface area contributed by atoms with E-state index in [1.165, 1.54) is 43.3 Å². The summed E-state index contributed by atoms with van der Waals surface area (Å²) in [5.74, 6) is -0.227. The van der Waals surface area contributed by atoms with Crippen molar-refractivity contribution in [1.29, 1.82) is 0 Å². The van der Waals surface area contributed by atoms with E-state index in [2.05, 4.69) is 5.32 Å². The number of ether oxygens (including phenoxy) is 1. The van der Waals surface area contributed by atoms with Crippen molar-refractivity contribution in [1.82, 2.24) is 14.5 Å². The van der Waals surface area contributed by atoms with E-state index in [0.29, 0.717) is 10.8 Å². The largest absolute Gasteiger partial charge is 0.497 e. The Labute approximate surface area is 200 Å². The van der Waals surface area contributed by atoms with E-state index in [0.717, 1.165) is 9.87 Å². The molecule has 2 amide bonds. The van der Waals surface area contributed by atoms with Crippen LogP contribution >= 0.6 is 11.6 Å². The second-order valence-corrected chi connectivity index (χ2v) is 10.4. The average molecular weight is 496 g/mol. The number of amides is 2. The van der Waals surface area contributed by atoms with Crippen molar-refractivity contribution >= 4 is 33.4 Å². The lowest BCUT2D eigenvalue weighted by atomic mass is 10.1. The number of likely N-dealkylation sites (N-methyl/N-ethyl adjacent to an activating group) is 1. The molecule has 0 saturated heterocycles. The summed E-state index contributed by atoms with van der Waals surface area (Å²) in [6.07, 6.45) is 0. The van der Waals surface area contributed by atoms with Gasteiger partial charge in [-0.05, 0) is 62.7 Å². The molecule has 0 radical (unpaired) electrons. The molecule has 33 heavy (non-hydrogen) atoms. The van der Waals surface area contributed by atoms with Crippen molar-refractivity contribution in [2.24, 2.45) is 0 Å². The number of sulfonamides is 1. The van der Waals surface area contributed by atoms with E-state index in [1.807, 2.05) is 19.9 Å². The fourth-order valence-electron chi connectivity index (χ4n) is 3.11. The summed E-state index contributed by atoms with van der Waals surface area (Å²) in [4.78, 5) is 27.3. The van der Waals surface area contributed by atoms with Crippen LogP contribution in [0.25, 0.3) is 0 Å². The molecule has 8 nitrogen and oxygen atoms in total. The molecule has 2 rings (SSSR count). The molecule has 0 aliphatic carbocycles. The summed E-state index contributed by atoms with van der Waals surface area (Å²) in [5.41, 5.74) is 0.745. The highest BCUT2D eigenvalue weighted by Gasteiger charge is 2.30. The number of benzene rings is 2. The third kappa shape index (κ3) is 7.18. The van der Waals surface area contributed by atoms with Crippen LogP contribution < -0.4 is 10.1 Å². The van der Waals surface area contributed by atoms with Crippen molar-refractivity contribution in [3.8, 4) is 5.75 Å². The lowest BCUT2D eigenvalue weighted by Gasteiger charge is -2.31. The van der Waals surface area contributed by atoms with E-state index in [9.17, 15) is 18.0 Å². The Balaban J connectivity index is 2.29. The minimum absolute atomic E-state index is 0.0205. The molecule has 2 aromatic carbocycles. The molecule has 0 spiro atoms. The highest BCUT2D eigenvalue weighted by atomic mass is 35.5. The van der Waals surface area contributed by atoms with E-state index in [-0.39, 0.29) is 23.4 Å². The number of carbonyl (C=O) groups excluding carboxylic acids is 2. The van der Waals surface area contributed by atoms with Crippen LogP contribution in [0.5, 0.6) is 5.75 Å². The summed E-state index contributed by atoms with van der Waals surface area (Å²) in [6.45, 7) is 4.94. The Morgan fingerprint density at radius 3 is 2.30 bits per heavy atom. The molecular formula is C23H30ClN3O5S. The molecule has 0 aliphatic heterocycles. The zero-order chi connectivity index (χ0) is 24.8. The molecule has 0 bridgehead atoms. The van der Waals surface area contributed by atoms with E-state index >= 15 is 0 Å². The Morgan fingerprint density at radius 1 is 1.09 bits per heavy atom. The van der Waals surface area contributed by atoms with Gasteiger partial charge in [0.2, 0.25) is 21.8 Å². The molecule has 0 aliphatic rings. The minimum Gasteiger partial charge on any atom is -0.497 e. The summed E-state index contributed by atoms with van der Waals surface area (Å²) >= 11 is 5.85. The Bertz CT molecular complexity index is 1070. The van der Waals surface area contributed by atoms with Gasteiger partial charge in [-0.1, -0.05) is 23.7 Å². The van der Waals surface area contributed by atoms with Gasteiger partial charge in [-0.15, -0.1) is 0 Å². The van der Waals surface area contributed by atoms with Crippen LogP contribution in [0.2, 0.25) is 5.02 Å². The Kier molecular flexibility index (Phi) is 9.27. The Morgan fingerprint density at radius 2 is 1.73 bits per heavy atom. The number of hydrogen-bond donors (Lipinski definition) is 1. The topological polar surface area (TPSA) is 96.0 Å². The van der Waals surface area contributed by atoms with Gasteiger partial charge in [0, 0.05) is 24.7 Å². The van der Waals surface area contributed by atoms with Gasteiger partial charge in [0.1, 0.15) is 11.8 Å². The van der Waals surface area contributed by atoms with E-state index in [4.69, 9.17) is 16.3 Å². The maximum absolute atomic E-state index is 13.3. The summed E-state index contributed by atoms with van der Waals surface area (Å²) < 4.78 is 32.0. The van der Waals surface area contributed by atoms with Gasteiger partial charge >= 0.3 is 0 Å². The predicted molar refractivity (Wildman–Crippen MR) is 128 cm³/mol. The lowest BCUT2D eigenvalue weighted by molar-refractivity contribution is -0.140. The molecule has 1 unspecified atom stereocenters. The van der Waals surface area contributed by atoms with Crippen molar-refractivity contribution in [2.45, 2.75) is 44.3 Å². The molecule has 0 aromatic heterocycles. The molecule has 1 N–H and O–H groups in total. The third-order valence-corrected chi connectivity index (χ3v) is 7.03. The van der Waals surface area contributed by atoms with Gasteiger partial charge in [0.05, 0.1) is 18.6 Å². The van der Waals surface area contributed by atoms with Gasteiger partial charge in [-0.2, -0.15) is 4.31 Å². The first-order valence-electron chi connectivity index (χ1n) is 10.4. The maximum Gasteiger partial charge on any atom is 0.243 e. The molecular weight excluding hydrogens is 466 g/mol. The lowest BCUT2D eigenvalue weighted by Crippen LogP contribution is -2.51. The highest BCUT2D eigenvalue weighted by molar-refractivity contribution is 7.89. The number of methoxy groups -OCH3 is 1. The minimum atomic E-state index is -3.93. The van der Waals surface area contributed by atoms with Crippen LogP contribution in [0, 0.1) is 0 Å². The van der Waals surface area contributed by atoms with Crippen LogP contribution in [-0.4, -0.2) is 62.2 Å². The zero-order valence-corrected chi connectivity index (χ0v) is 21.0. The first-order valence-corrected chi connectivity index (χ1v) is 12.2. The first kappa shape index (κ1) is 26.6. The van der Waals surface area contributed by atoms with Crippen molar-refractivity contribution in [3.63, 3.8) is 0 Å². The standard InChI is InChI=1S/C23H30ClN3O5S/c1-16(2)25-23(29)17(3)27(14-18-7-6-8-20(13-18)32-5)22(28)15-26(4)33(30,31)21-11-9-19(24)10-12-21/h6-13,16-17H,14-15H2,1-5H3,(H,25,29). The number of rotatable bonds is 10. The second kappa shape index (κ2) is 11.5. The van der Waals surface area contributed by atoms with Crippen molar-refractivity contribution < 1.29 is 22.7 Å². The maximum atomic E-state index is 13.3. The molecule has 10 heteroatoms. The fourth-order valence-corrected chi connectivity index (χ4v) is 4.35. The molecule has 0 heterocycles. The number of nitrogens with one attached hydrogen (secondary N) is 1. The van der Waals surface area contributed by atoms with Gasteiger partial charge in [0.15, 0.2) is 0 Å². The molecule has 1 atom stereocenters. The monoisotopic (exact) mass is 495 g/mol. The van der Waals surface area contributed by atoms with Crippen LogP contribution in [0.3, 0.4) is 0 Å². The van der Waals surface area contributed by atoms with Crippen LogP contribution in [0.15, 0.2) is 53.4 Å². The quantitative estimate of drug-likeness (QED) is 0.546. The molecule has 0 fully saturated rings. The molecule has 0 saturated carbocycles. The third-order valence-electron chi connectivity index (χ3n) is 4.97. The number of halogens is 1. The van der Waals surface area contributed by atoms with Gasteiger partial charge in [-0.25, -0.2) is 8.42 Å². The van der Waals surface area contributed by atoms with Crippen LogP contribution in [0.1, 0.15) is 26.3 Å². The number of hydrogen-bond acceptors (Lipinski definition) is 5. The van der Waals surface area contributed by atoms with E-state index < -0.39 is 28.5 Å². The van der Waals surface area contributed by atoms with Gasteiger partial charge in [-0.3, -0.25) is 9.59 Å². The van der Waals surface area contributed by atoms with Crippen LogP contribution in [-0.2, 0) is 26.2 Å². The summed E-state index contributed by atoms with van der Waals surface area (Å²) in [7, 11) is -1.06. The van der Waals surface area contributed by atoms with E-state index in [1.54, 1.807) is 25.1 Å². The highest BCUT2D eigenvalue weighted by Crippen LogP contribution is 2.19. The summed E-state index contributed by atoms with van der Waals surface area (Å²) in [6, 6.07) is 11.9. The smallest absolute Gasteiger partial charge is 0.243 e. The molecule has 180 valence electrons. The normalized spacial score (nSPS) is 12.5. The van der Waals surface area contributed by atoms with Crippen LogP contribution in [0.4, 0.5) is 0 Å². The fraction of sp³-hybridized carbons (Fsp3) is 0.391. The van der Waals surface area contributed by atoms with Gasteiger partial charge < -0.3 is 15.0 Å². The average Bonchev–Trinajstić information content (AvgIpc) is 2.76. The van der Waals surface area contributed by atoms with Crippen molar-refractivity contribution in [3.05, 3.63) is 59.1 Å². The van der Waals surface area contributed by atoms with Crippen molar-refractivity contribution in [2.75, 3.05) is 20.7 Å². The number of nitrogens with zero attached hydrogens (tertiary/aromatic N) is 2. The predicted octanol–water partition coefficient (Wildman–Crippen LogP) is 2.91.